The van der Waals surface area contributed by atoms with Gasteiger partial charge in [-0.3, -0.25) is 0 Å². The second-order valence-corrected chi connectivity index (χ2v) is 5.77. The Kier molecular flexibility index (Phi) is 3.79. The standard InChI is InChI=1S/C19H12NO.BF4/c1-2-7-13(8-3-1)19-18-15-10-5-4-9-14(15)16-11-6-12-17(21-19)20(16)18;2-1(3,4)5/h1-12H;/q+1;-1. The van der Waals surface area contributed by atoms with Gasteiger partial charge in [-0.05, 0) is 18.2 Å². The third-order valence-corrected chi connectivity index (χ3v) is 4.09. The molecule has 2 aromatic carbocycles. The van der Waals surface area contributed by atoms with E-state index in [1.165, 1.54) is 16.8 Å². The Labute approximate surface area is 146 Å². The Morgan fingerprint density at radius 2 is 1.31 bits per heavy atom. The van der Waals surface area contributed by atoms with Crippen molar-refractivity contribution >= 4 is 13.0 Å². The number of hydrogen-bond donors (Lipinski definition) is 0. The highest BCUT2D eigenvalue weighted by Gasteiger charge is 2.36. The van der Waals surface area contributed by atoms with Crippen LogP contribution in [0.1, 0.15) is 0 Å². The minimum absolute atomic E-state index is 0.887. The maximum atomic E-state index is 9.75. The van der Waals surface area contributed by atoms with E-state index in [9.17, 15) is 17.3 Å². The zero-order valence-corrected chi connectivity index (χ0v) is 13.4. The first-order valence-corrected chi connectivity index (χ1v) is 7.93. The average molecular weight is 357 g/mol. The molecule has 130 valence electrons. The fraction of sp³-hybridized carbons (Fsp3) is 0. The Bertz CT molecular complexity index is 1080. The predicted octanol–water partition coefficient (Wildman–Crippen LogP) is 5.63. The lowest BCUT2D eigenvalue weighted by Crippen LogP contribution is -2.20. The minimum atomic E-state index is -6.00. The van der Waals surface area contributed by atoms with Crippen molar-refractivity contribution in [3.63, 3.8) is 0 Å². The van der Waals surface area contributed by atoms with E-state index in [-0.39, 0.29) is 0 Å². The fourth-order valence-corrected chi connectivity index (χ4v) is 3.21. The van der Waals surface area contributed by atoms with Gasteiger partial charge in [0, 0.05) is 11.6 Å². The van der Waals surface area contributed by atoms with Crippen molar-refractivity contribution in [2.24, 2.45) is 0 Å². The van der Waals surface area contributed by atoms with Crippen LogP contribution in [0.2, 0.25) is 0 Å². The maximum absolute atomic E-state index is 9.75. The Morgan fingerprint density at radius 3 is 2.00 bits per heavy atom. The van der Waals surface area contributed by atoms with Crippen LogP contribution in [0.15, 0.2) is 77.2 Å². The number of rotatable bonds is 1. The van der Waals surface area contributed by atoms with E-state index in [4.69, 9.17) is 4.42 Å². The quantitative estimate of drug-likeness (QED) is 0.216. The number of benzene rings is 2. The molecular formula is C19H12BF4NO. The number of pyridine rings is 1. The third-order valence-electron chi connectivity index (χ3n) is 4.09. The normalized spacial score (nSPS) is 11.8. The summed E-state index contributed by atoms with van der Waals surface area (Å²) in [5.74, 6) is 0.938. The van der Waals surface area contributed by atoms with Gasteiger partial charge in [0.05, 0.1) is 17.2 Å². The van der Waals surface area contributed by atoms with Crippen LogP contribution in [0.3, 0.4) is 0 Å². The van der Waals surface area contributed by atoms with Gasteiger partial charge in [0.1, 0.15) is 0 Å². The molecule has 1 aliphatic rings. The van der Waals surface area contributed by atoms with Crippen molar-refractivity contribution in [2.75, 3.05) is 0 Å². The van der Waals surface area contributed by atoms with Crippen molar-refractivity contribution in [3.05, 3.63) is 72.8 Å². The SMILES string of the molecule is F[B-](F)(F)F.c1ccc(-c2oc3cccc4[n+]3c2-c2ccccc2-4)cc1. The first-order chi connectivity index (χ1) is 12.4. The molecule has 0 amide bonds. The van der Waals surface area contributed by atoms with Crippen molar-refractivity contribution in [2.45, 2.75) is 0 Å². The molecule has 0 aliphatic carbocycles. The van der Waals surface area contributed by atoms with E-state index < -0.39 is 7.25 Å². The van der Waals surface area contributed by atoms with Crippen LogP contribution in [0, 0.1) is 0 Å². The van der Waals surface area contributed by atoms with E-state index >= 15 is 0 Å². The molecule has 0 bridgehead atoms. The summed E-state index contributed by atoms with van der Waals surface area (Å²) in [7, 11) is -6.00. The van der Waals surface area contributed by atoms with Crippen LogP contribution in [0.4, 0.5) is 17.3 Å². The molecule has 26 heavy (non-hydrogen) atoms. The summed E-state index contributed by atoms with van der Waals surface area (Å²) in [4.78, 5) is 0. The van der Waals surface area contributed by atoms with Gasteiger partial charge in [0.25, 0.3) is 5.69 Å². The van der Waals surface area contributed by atoms with Gasteiger partial charge in [0.2, 0.25) is 11.5 Å². The smallest absolute Gasteiger partial charge is 0.418 e. The Balaban J connectivity index is 0.000000301. The first kappa shape index (κ1) is 16.4. The molecule has 3 heterocycles. The molecule has 5 rings (SSSR count). The third kappa shape index (κ3) is 2.85. The van der Waals surface area contributed by atoms with E-state index in [0.717, 1.165) is 22.7 Å². The number of hydrogen-bond acceptors (Lipinski definition) is 1. The zero-order valence-electron chi connectivity index (χ0n) is 13.4. The van der Waals surface area contributed by atoms with Gasteiger partial charge < -0.3 is 21.7 Å². The topological polar surface area (TPSA) is 17.2 Å². The summed E-state index contributed by atoms with van der Waals surface area (Å²) in [5.41, 5.74) is 6.86. The number of nitrogens with zero attached hydrogens (tertiary/aromatic N) is 1. The zero-order chi connectivity index (χ0) is 18.3. The molecule has 4 aromatic rings. The van der Waals surface area contributed by atoms with Gasteiger partial charge in [-0.15, -0.1) is 4.40 Å². The predicted molar refractivity (Wildman–Crippen MR) is 91.9 cm³/mol. The van der Waals surface area contributed by atoms with Gasteiger partial charge in [-0.2, -0.15) is 0 Å². The van der Waals surface area contributed by atoms with Crippen molar-refractivity contribution in [3.8, 4) is 33.8 Å². The Morgan fingerprint density at radius 1 is 0.692 bits per heavy atom. The van der Waals surface area contributed by atoms with Crippen molar-refractivity contribution in [1.82, 2.24) is 0 Å². The molecule has 0 atom stereocenters. The molecule has 7 heteroatoms. The van der Waals surface area contributed by atoms with Gasteiger partial charge >= 0.3 is 13.0 Å². The molecule has 0 radical (unpaired) electrons. The summed E-state index contributed by atoms with van der Waals surface area (Å²) in [6, 6.07) is 25.0. The number of aromatic nitrogens is 1. The second kappa shape index (κ2) is 6.02. The van der Waals surface area contributed by atoms with E-state index in [1.54, 1.807) is 0 Å². The number of halogens is 4. The highest BCUT2D eigenvalue weighted by molar-refractivity contribution is 6.50. The van der Waals surface area contributed by atoms with Gasteiger partial charge in [0.15, 0.2) is 0 Å². The van der Waals surface area contributed by atoms with Crippen LogP contribution in [0.5, 0.6) is 0 Å². The van der Waals surface area contributed by atoms with Gasteiger partial charge in [-0.25, -0.2) is 0 Å². The lowest BCUT2D eigenvalue weighted by molar-refractivity contribution is -0.485. The summed E-state index contributed by atoms with van der Waals surface area (Å²) in [5, 5.41) is 0. The fourth-order valence-electron chi connectivity index (χ4n) is 3.21. The summed E-state index contributed by atoms with van der Waals surface area (Å²) < 4.78 is 47.4. The lowest BCUT2D eigenvalue weighted by Gasteiger charge is -1.97. The summed E-state index contributed by atoms with van der Waals surface area (Å²) in [6.45, 7) is 0. The van der Waals surface area contributed by atoms with E-state index in [2.05, 4.69) is 52.9 Å². The molecule has 0 saturated carbocycles. The monoisotopic (exact) mass is 357 g/mol. The van der Waals surface area contributed by atoms with Crippen LogP contribution < -0.4 is 4.40 Å². The molecule has 2 aromatic heterocycles. The molecular weight excluding hydrogens is 345 g/mol. The molecule has 1 aliphatic heterocycles. The second-order valence-electron chi connectivity index (χ2n) is 5.77. The van der Waals surface area contributed by atoms with Gasteiger partial charge in [-0.1, -0.05) is 42.5 Å². The molecule has 2 nitrogen and oxygen atoms in total. The molecule has 0 unspecified atom stereocenters. The molecule has 0 saturated heterocycles. The van der Waals surface area contributed by atoms with Crippen LogP contribution in [0.25, 0.3) is 39.6 Å². The minimum Gasteiger partial charge on any atom is -0.418 e. The highest BCUT2D eigenvalue weighted by Crippen LogP contribution is 2.41. The summed E-state index contributed by atoms with van der Waals surface area (Å²) >= 11 is 0. The van der Waals surface area contributed by atoms with Crippen LogP contribution >= 0.6 is 0 Å². The maximum Gasteiger partial charge on any atom is 0.673 e. The number of fused-ring (bicyclic) bond motifs is 3. The van der Waals surface area contributed by atoms with Crippen molar-refractivity contribution in [1.29, 1.82) is 0 Å². The van der Waals surface area contributed by atoms with E-state index in [0.29, 0.717) is 0 Å². The molecule has 0 spiro atoms. The van der Waals surface area contributed by atoms with Crippen LogP contribution in [-0.2, 0) is 0 Å². The largest absolute Gasteiger partial charge is 0.673 e. The highest BCUT2D eigenvalue weighted by atomic mass is 19.5. The van der Waals surface area contributed by atoms with E-state index in [1.807, 2.05) is 24.3 Å². The first-order valence-electron chi connectivity index (χ1n) is 7.93. The lowest BCUT2D eigenvalue weighted by atomic mass is 10.0. The summed E-state index contributed by atoms with van der Waals surface area (Å²) in [6.07, 6.45) is 0. The average Bonchev–Trinajstić information content (AvgIpc) is 3.16. The molecule has 0 fully saturated rings. The Hall–Kier alpha value is -3.09. The number of oxazole rings is 1. The van der Waals surface area contributed by atoms with Crippen LogP contribution in [-0.4, -0.2) is 7.25 Å². The van der Waals surface area contributed by atoms with Crippen molar-refractivity contribution < 1.29 is 26.1 Å². The molecule has 0 N–H and O–H groups in total.